The van der Waals surface area contributed by atoms with Crippen LogP contribution in [0.1, 0.15) is 73.6 Å². The predicted octanol–water partition coefficient (Wildman–Crippen LogP) is 4.35. The van der Waals surface area contributed by atoms with Gasteiger partial charge in [0.25, 0.3) is 0 Å². The third-order valence-corrected chi connectivity index (χ3v) is 10.6. The number of ether oxygens (including phenoxy) is 3. The minimum atomic E-state index is -1.72. The van der Waals surface area contributed by atoms with E-state index in [2.05, 4.69) is 20.8 Å². The Kier molecular flexibility index (Phi) is 4.97. The molecule has 192 valence electrons. The summed E-state index contributed by atoms with van der Waals surface area (Å²) in [7, 11) is 0. The maximum atomic E-state index is 14.6. The van der Waals surface area contributed by atoms with Gasteiger partial charge in [0.15, 0.2) is 23.3 Å². The van der Waals surface area contributed by atoms with Gasteiger partial charge in [-0.1, -0.05) is 45.8 Å². The van der Waals surface area contributed by atoms with E-state index in [-0.39, 0.29) is 47.4 Å². The molecular formula is C29H40O6. The third kappa shape index (κ3) is 2.99. The number of esters is 1. The predicted molar refractivity (Wildman–Crippen MR) is 129 cm³/mol. The van der Waals surface area contributed by atoms with Gasteiger partial charge >= 0.3 is 5.97 Å². The first kappa shape index (κ1) is 23.9. The lowest BCUT2D eigenvalue weighted by Gasteiger charge is -2.52. The average molecular weight is 485 g/mol. The standard InChI is InChI=1S/C29H40O6/c1-15-13-28-16(2)11-20-21(26(20,3)4)19(22(28)30)12-18-14-33-27(5,6)35-24(18)29(28,32)23(15)34-25(31)17-9-7-8-10-17/h12-13,16-17,19-21,23-24,32H,7-11,14H2,1-6H3/t16-,19+,20-,21+,23+,24?,28+,29-/m1/s1. The molecule has 5 aliphatic carbocycles. The zero-order valence-corrected chi connectivity index (χ0v) is 21.9. The van der Waals surface area contributed by atoms with Crippen molar-refractivity contribution in [1.82, 2.24) is 0 Å². The van der Waals surface area contributed by atoms with E-state index in [0.29, 0.717) is 5.92 Å². The Balaban J connectivity index is 1.51. The Morgan fingerprint density at radius 1 is 1.17 bits per heavy atom. The molecule has 1 aliphatic heterocycles. The van der Waals surface area contributed by atoms with E-state index in [1.165, 1.54) is 0 Å². The molecule has 1 heterocycles. The van der Waals surface area contributed by atoms with E-state index >= 15 is 0 Å². The number of carbonyl (C=O) groups is 2. The molecular weight excluding hydrogens is 444 g/mol. The molecule has 6 heteroatoms. The largest absolute Gasteiger partial charge is 0.454 e. The van der Waals surface area contributed by atoms with Gasteiger partial charge in [-0.25, -0.2) is 0 Å². The van der Waals surface area contributed by atoms with Crippen molar-refractivity contribution < 1.29 is 28.9 Å². The quantitative estimate of drug-likeness (QED) is 0.463. The lowest BCUT2D eigenvalue weighted by Crippen LogP contribution is -2.68. The molecule has 35 heavy (non-hydrogen) atoms. The maximum absolute atomic E-state index is 14.6. The van der Waals surface area contributed by atoms with E-state index in [0.717, 1.165) is 43.3 Å². The molecule has 6 nitrogen and oxygen atoms in total. The number of Topliss-reactive ketones (excluding diaryl/α,β-unsaturated/α-hetero) is 1. The van der Waals surface area contributed by atoms with Crippen molar-refractivity contribution in [3.63, 3.8) is 0 Å². The number of hydrogen-bond acceptors (Lipinski definition) is 6. The van der Waals surface area contributed by atoms with E-state index in [1.54, 1.807) is 0 Å². The van der Waals surface area contributed by atoms with Crippen molar-refractivity contribution in [2.24, 2.45) is 40.4 Å². The van der Waals surface area contributed by atoms with Gasteiger partial charge in [0.05, 0.1) is 17.9 Å². The van der Waals surface area contributed by atoms with Gasteiger partial charge in [-0.05, 0) is 74.3 Å². The SMILES string of the molecule is CC1=C[C@]23C(=O)[C@@H](C=C4COC(C)(C)OC4[C@]2(O)[C@H]1OC(=O)C1CCCC1)[C@H]1[C@@H](C[C@H]3C)C1(C)C. The first-order valence-electron chi connectivity index (χ1n) is 13.5. The molecule has 0 aromatic heterocycles. The van der Waals surface area contributed by atoms with Gasteiger partial charge < -0.3 is 19.3 Å². The van der Waals surface area contributed by atoms with Gasteiger partial charge in [0.2, 0.25) is 0 Å². The number of allylic oxidation sites excluding steroid dienone is 1. The van der Waals surface area contributed by atoms with Crippen LogP contribution in [0.15, 0.2) is 23.3 Å². The monoisotopic (exact) mass is 484 g/mol. The molecule has 6 aliphatic rings. The number of fused-ring (bicyclic) bond motifs is 5. The minimum absolute atomic E-state index is 0.0487. The lowest BCUT2D eigenvalue weighted by atomic mass is 9.59. The van der Waals surface area contributed by atoms with Crippen LogP contribution in [0.5, 0.6) is 0 Å². The van der Waals surface area contributed by atoms with E-state index in [9.17, 15) is 14.7 Å². The zero-order valence-electron chi connectivity index (χ0n) is 21.9. The zero-order chi connectivity index (χ0) is 25.1. The Labute approximate surface area is 208 Å². The normalized spacial score (nSPS) is 47.5. The molecule has 8 atom stereocenters. The Bertz CT molecular complexity index is 1030. The second-order valence-electron chi connectivity index (χ2n) is 13.3. The Morgan fingerprint density at radius 2 is 1.86 bits per heavy atom. The fourth-order valence-corrected chi connectivity index (χ4v) is 8.67. The topological polar surface area (TPSA) is 82.1 Å². The van der Waals surface area contributed by atoms with Crippen LogP contribution in [-0.4, -0.2) is 47.1 Å². The number of hydrogen-bond donors (Lipinski definition) is 1. The molecule has 4 fully saturated rings. The Morgan fingerprint density at radius 3 is 2.54 bits per heavy atom. The highest BCUT2D eigenvalue weighted by Gasteiger charge is 2.77. The van der Waals surface area contributed by atoms with Crippen molar-refractivity contribution >= 4 is 11.8 Å². The minimum Gasteiger partial charge on any atom is -0.454 e. The van der Waals surface area contributed by atoms with Gasteiger partial charge in [0.1, 0.15) is 6.10 Å². The van der Waals surface area contributed by atoms with Crippen molar-refractivity contribution in [2.45, 2.75) is 97.2 Å². The average Bonchev–Trinajstić information content (AvgIpc) is 3.13. The second-order valence-corrected chi connectivity index (χ2v) is 13.3. The molecule has 2 bridgehead atoms. The first-order chi connectivity index (χ1) is 16.3. The fourth-order valence-electron chi connectivity index (χ4n) is 8.67. The first-order valence-corrected chi connectivity index (χ1v) is 13.5. The number of ketones is 1. The summed E-state index contributed by atoms with van der Waals surface area (Å²) >= 11 is 0. The highest BCUT2D eigenvalue weighted by molar-refractivity contribution is 5.95. The van der Waals surface area contributed by atoms with Gasteiger partial charge in [-0.15, -0.1) is 0 Å². The van der Waals surface area contributed by atoms with Crippen LogP contribution in [0.2, 0.25) is 0 Å². The van der Waals surface area contributed by atoms with Gasteiger partial charge in [-0.3, -0.25) is 9.59 Å². The smallest absolute Gasteiger partial charge is 0.309 e. The van der Waals surface area contributed by atoms with E-state index in [4.69, 9.17) is 14.2 Å². The van der Waals surface area contributed by atoms with Crippen LogP contribution in [0, 0.1) is 40.4 Å². The van der Waals surface area contributed by atoms with Crippen LogP contribution < -0.4 is 0 Å². The van der Waals surface area contributed by atoms with Crippen LogP contribution in [0.25, 0.3) is 0 Å². The van der Waals surface area contributed by atoms with Crippen LogP contribution >= 0.6 is 0 Å². The second kappa shape index (κ2) is 7.29. The number of carbonyl (C=O) groups excluding carboxylic acids is 2. The van der Waals surface area contributed by atoms with Crippen molar-refractivity contribution in [3.8, 4) is 0 Å². The van der Waals surface area contributed by atoms with Crippen LogP contribution in [0.4, 0.5) is 0 Å². The summed E-state index contributed by atoms with van der Waals surface area (Å²) in [5, 5.41) is 13.0. The van der Waals surface area contributed by atoms with E-state index in [1.807, 2.05) is 32.9 Å². The molecule has 1 spiro atoms. The summed E-state index contributed by atoms with van der Waals surface area (Å²) in [4.78, 5) is 27.9. The van der Waals surface area contributed by atoms with Gasteiger partial charge in [-0.2, -0.15) is 0 Å². The highest BCUT2D eigenvalue weighted by Crippen LogP contribution is 2.72. The summed E-state index contributed by atoms with van der Waals surface area (Å²) in [5.74, 6) is -1.07. The van der Waals surface area contributed by atoms with Crippen LogP contribution in [0.3, 0.4) is 0 Å². The molecule has 1 N–H and O–H groups in total. The summed E-state index contributed by atoms with van der Waals surface area (Å²) < 4.78 is 18.7. The van der Waals surface area contributed by atoms with Crippen molar-refractivity contribution in [1.29, 1.82) is 0 Å². The van der Waals surface area contributed by atoms with Crippen LogP contribution in [-0.2, 0) is 23.8 Å². The Hall–Kier alpha value is -1.50. The molecule has 6 rings (SSSR count). The molecule has 0 radical (unpaired) electrons. The molecule has 1 unspecified atom stereocenters. The lowest BCUT2D eigenvalue weighted by molar-refractivity contribution is -0.304. The van der Waals surface area contributed by atoms with Gasteiger partial charge in [0, 0.05) is 5.92 Å². The molecule has 3 saturated carbocycles. The molecule has 0 aromatic rings. The number of aliphatic hydroxyl groups is 1. The van der Waals surface area contributed by atoms with Crippen molar-refractivity contribution in [3.05, 3.63) is 23.3 Å². The fraction of sp³-hybridized carbons (Fsp3) is 0.793. The summed E-state index contributed by atoms with van der Waals surface area (Å²) in [6.45, 7) is 12.5. The summed E-state index contributed by atoms with van der Waals surface area (Å²) in [6, 6.07) is 0. The maximum Gasteiger partial charge on any atom is 0.309 e. The van der Waals surface area contributed by atoms with E-state index < -0.39 is 29.0 Å². The highest BCUT2D eigenvalue weighted by atomic mass is 16.7. The number of rotatable bonds is 2. The molecule has 0 aromatic carbocycles. The van der Waals surface area contributed by atoms with Crippen molar-refractivity contribution in [2.75, 3.05) is 6.61 Å². The molecule has 0 amide bonds. The summed E-state index contributed by atoms with van der Waals surface area (Å²) in [5.41, 5.74) is -1.27. The third-order valence-electron chi connectivity index (χ3n) is 10.6. The summed E-state index contributed by atoms with van der Waals surface area (Å²) in [6.07, 6.45) is 6.82. The molecule has 1 saturated heterocycles.